The van der Waals surface area contributed by atoms with Crippen molar-refractivity contribution in [3.63, 3.8) is 0 Å². The highest BCUT2D eigenvalue weighted by atomic mass is 79.9. The second-order valence-corrected chi connectivity index (χ2v) is 8.26. The molecule has 1 unspecified atom stereocenters. The van der Waals surface area contributed by atoms with Crippen molar-refractivity contribution in [2.75, 3.05) is 11.4 Å². The average Bonchev–Trinajstić information content (AvgIpc) is 2.68. The molecule has 1 amide bonds. The fraction of sp³-hybridized carbons (Fsp3) is 0.636. The van der Waals surface area contributed by atoms with Gasteiger partial charge in [0.1, 0.15) is 0 Å². The van der Waals surface area contributed by atoms with E-state index in [9.17, 15) is 4.79 Å². The summed E-state index contributed by atoms with van der Waals surface area (Å²) in [5, 5.41) is 0.909. The summed E-state index contributed by atoms with van der Waals surface area (Å²) in [6.07, 6.45) is 0.505. The number of hydrogen-bond acceptors (Lipinski definition) is 4. The lowest BCUT2D eigenvalue weighted by Gasteiger charge is -2.16. The van der Waals surface area contributed by atoms with Crippen LogP contribution in [-0.2, 0) is 10.2 Å². The third kappa shape index (κ3) is 2.69. The minimum atomic E-state index is -0.0171. The van der Waals surface area contributed by atoms with Gasteiger partial charge in [-0.2, -0.15) is 12.6 Å². The van der Waals surface area contributed by atoms with Crippen LogP contribution in [0.4, 0.5) is 5.13 Å². The zero-order chi connectivity index (χ0) is 12.8. The lowest BCUT2D eigenvalue weighted by Crippen LogP contribution is -2.24. The molecule has 0 spiro atoms. The molecule has 0 N–H and O–H groups in total. The van der Waals surface area contributed by atoms with Crippen LogP contribution in [-0.4, -0.2) is 22.7 Å². The number of carbonyl (C=O) groups is 1. The van der Waals surface area contributed by atoms with Gasteiger partial charge in [-0.25, -0.2) is 4.98 Å². The van der Waals surface area contributed by atoms with E-state index in [1.54, 1.807) is 4.90 Å². The molecule has 17 heavy (non-hydrogen) atoms. The summed E-state index contributed by atoms with van der Waals surface area (Å²) >= 11 is 9.41. The van der Waals surface area contributed by atoms with Crippen LogP contribution in [0.3, 0.4) is 0 Å². The predicted molar refractivity (Wildman–Crippen MR) is 78.3 cm³/mol. The number of amides is 1. The van der Waals surface area contributed by atoms with E-state index in [4.69, 9.17) is 0 Å². The van der Waals surface area contributed by atoms with Crippen molar-refractivity contribution in [1.29, 1.82) is 0 Å². The Morgan fingerprint density at radius 1 is 1.53 bits per heavy atom. The number of hydrogen-bond donors (Lipinski definition) is 1. The Morgan fingerprint density at radius 2 is 2.18 bits per heavy atom. The summed E-state index contributed by atoms with van der Waals surface area (Å²) in [6, 6.07) is 0. The highest BCUT2D eigenvalue weighted by Crippen LogP contribution is 2.38. The minimum absolute atomic E-state index is 0.0171. The number of aromatic nitrogens is 1. The molecule has 2 rings (SSSR count). The Balaban J connectivity index is 2.32. The van der Waals surface area contributed by atoms with Gasteiger partial charge in [-0.3, -0.25) is 9.69 Å². The van der Waals surface area contributed by atoms with E-state index in [1.165, 1.54) is 11.3 Å². The molecule has 1 aliphatic rings. The number of rotatable bonds is 1. The van der Waals surface area contributed by atoms with Gasteiger partial charge < -0.3 is 0 Å². The first-order valence-corrected chi connectivity index (χ1v) is 7.57. The standard InChI is InChI=1S/C11H15BrN2OS2/c1-11(2,3)8-9(12)17-10(13-8)14-5-6(16)4-7(14)15/h6,16H,4-5H2,1-3H3. The predicted octanol–water partition coefficient (Wildman–Crippen LogP) is 3.24. The van der Waals surface area contributed by atoms with E-state index < -0.39 is 0 Å². The Hall–Kier alpha value is -0.0700. The van der Waals surface area contributed by atoms with Crippen LogP contribution in [0.5, 0.6) is 0 Å². The van der Waals surface area contributed by atoms with Crippen molar-refractivity contribution >= 4 is 50.9 Å². The zero-order valence-corrected chi connectivity index (χ0v) is 13.3. The van der Waals surface area contributed by atoms with Crippen LogP contribution in [0.1, 0.15) is 32.9 Å². The molecule has 1 aliphatic heterocycles. The first kappa shape index (κ1) is 13.4. The van der Waals surface area contributed by atoms with Crippen LogP contribution in [0.2, 0.25) is 0 Å². The molecule has 3 nitrogen and oxygen atoms in total. The summed E-state index contributed by atoms with van der Waals surface area (Å²) < 4.78 is 1.01. The molecule has 0 saturated carbocycles. The second-order valence-electron chi connectivity index (χ2n) is 5.23. The highest BCUT2D eigenvalue weighted by molar-refractivity contribution is 9.11. The molecular formula is C11H15BrN2OS2. The summed E-state index contributed by atoms with van der Waals surface area (Å²) in [5.74, 6) is 0.117. The lowest BCUT2D eigenvalue weighted by molar-refractivity contribution is -0.117. The largest absolute Gasteiger partial charge is 0.287 e. The number of thiazole rings is 1. The van der Waals surface area contributed by atoms with Crippen LogP contribution in [0, 0.1) is 0 Å². The Kier molecular flexibility index (Phi) is 3.58. The van der Waals surface area contributed by atoms with Crippen molar-refractivity contribution in [3.05, 3.63) is 9.48 Å². The smallest absolute Gasteiger partial charge is 0.229 e. The van der Waals surface area contributed by atoms with Crippen LogP contribution in [0.15, 0.2) is 3.79 Å². The van der Waals surface area contributed by atoms with E-state index in [2.05, 4.69) is 54.3 Å². The van der Waals surface area contributed by atoms with E-state index in [1.807, 2.05) is 0 Å². The maximum Gasteiger partial charge on any atom is 0.229 e. The maximum atomic E-state index is 11.8. The summed E-state index contributed by atoms with van der Waals surface area (Å²) in [7, 11) is 0. The normalized spacial score (nSPS) is 21.4. The Morgan fingerprint density at radius 3 is 2.59 bits per heavy atom. The maximum absolute atomic E-state index is 11.8. The third-order valence-corrected chi connectivity index (χ3v) is 4.69. The molecule has 2 heterocycles. The van der Waals surface area contributed by atoms with E-state index in [0.717, 1.165) is 14.6 Å². The zero-order valence-electron chi connectivity index (χ0n) is 10.0. The molecule has 1 aromatic heterocycles. The van der Waals surface area contributed by atoms with Gasteiger partial charge in [0.2, 0.25) is 5.91 Å². The number of nitrogens with zero attached hydrogens (tertiary/aromatic N) is 2. The number of thiol groups is 1. The third-order valence-electron chi connectivity index (χ3n) is 2.62. The molecule has 0 aromatic carbocycles. The van der Waals surface area contributed by atoms with Gasteiger partial charge in [0.05, 0.1) is 9.48 Å². The van der Waals surface area contributed by atoms with Crippen molar-refractivity contribution in [3.8, 4) is 0 Å². The topological polar surface area (TPSA) is 33.2 Å². The van der Waals surface area contributed by atoms with Gasteiger partial charge >= 0.3 is 0 Å². The molecule has 0 radical (unpaired) electrons. The number of anilines is 1. The van der Waals surface area contributed by atoms with Gasteiger partial charge in [-0.1, -0.05) is 32.1 Å². The van der Waals surface area contributed by atoms with Gasteiger partial charge in [0, 0.05) is 23.6 Å². The molecule has 1 atom stereocenters. The molecule has 1 fully saturated rings. The molecule has 1 aromatic rings. The summed E-state index contributed by atoms with van der Waals surface area (Å²) in [6.45, 7) is 7.00. The Labute approximate surface area is 119 Å². The van der Waals surface area contributed by atoms with Gasteiger partial charge in [-0.05, 0) is 15.9 Å². The minimum Gasteiger partial charge on any atom is -0.287 e. The number of carbonyl (C=O) groups excluding carboxylic acids is 1. The summed E-state index contributed by atoms with van der Waals surface area (Å²) in [5.41, 5.74) is 0.990. The van der Waals surface area contributed by atoms with Crippen LogP contribution in [0.25, 0.3) is 0 Å². The molecule has 6 heteroatoms. The SMILES string of the molecule is CC(C)(C)c1nc(N2CC(S)CC2=O)sc1Br. The monoisotopic (exact) mass is 334 g/mol. The summed E-state index contributed by atoms with van der Waals surface area (Å²) in [4.78, 5) is 18.1. The highest BCUT2D eigenvalue weighted by Gasteiger charge is 2.32. The molecule has 0 bridgehead atoms. The molecule has 0 aliphatic carbocycles. The average molecular weight is 335 g/mol. The van der Waals surface area contributed by atoms with Gasteiger partial charge in [0.25, 0.3) is 0 Å². The van der Waals surface area contributed by atoms with Crippen molar-refractivity contribution < 1.29 is 4.79 Å². The van der Waals surface area contributed by atoms with Crippen LogP contribution >= 0.6 is 39.9 Å². The van der Waals surface area contributed by atoms with E-state index in [-0.39, 0.29) is 16.6 Å². The first-order valence-electron chi connectivity index (χ1n) is 5.44. The molecule has 1 saturated heterocycles. The molecular weight excluding hydrogens is 320 g/mol. The fourth-order valence-corrected chi connectivity index (χ4v) is 4.21. The van der Waals surface area contributed by atoms with E-state index >= 15 is 0 Å². The van der Waals surface area contributed by atoms with Gasteiger partial charge in [0.15, 0.2) is 5.13 Å². The second kappa shape index (κ2) is 4.55. The van der Waals surface area contributed by atoms with Crippen molar-refractivity contribution in [2.45, 2.75) is 37.9 Å². The van der Waals surface area contributed by atoms with Gasteiger partial charge in [-0.15, -0.1) is 0 Å². The quantitative estimate of drug-likeness (QED) is 0.800. The Bertz CT molecular complexity index is 453. The lowest BCUT2D eigenvalue weighted by atomic mass is 9.93. The van der Waals surface area contributed by atoms with Crippen molar-refractivity contribution in [1.82, 2.24) is 4.98 Å². The molecule has 94 valence electrons. The van der Waals surface area contributed by atoms with E-state index in [0.29, 0.717) is 13.0 Å². The van der Waals surface area contributed by atoms with Crippen LogP contribution < -0.4 is 4.90 Å². The number of halogens is 1. The first-order chi connectivity index (χ1) is 7.79. The fourth-order valence-electron chi connectivity index (χ4n) is 1.74. The van der Waals surface area contributed by atoms with Crippen molar-refractivity contribution in [2.24, 2.45) is 0 Å².